The molecule has 2 aromatic rings. The zero-order valence-corrected chi connectivity index (χ0v) is 14.4. The second-order valence-corrected chi connectivity index (χ2v) is 5.79. The Bertz CT molecular complexity index is 803. The number of nitrogens with zero attached hydrogens (tertiary/aromatic N) is 1. The van der Waals surface area contributed by atoms with E-state index in [9.17, 15) is 22.8 Å². The molecule has 2 aromatic carbocycles. The van der Waals surface area contributed by atoms with Crippen molar-refractivity contribution >= 4 is 17.5 Å². The molecule has 0 aromatic heterocycles. The van der Waals surface area contributed by atoms with E-state index in [0.717, 1.165) is 17.7 Å². The molecule has 2 amide bonds. The summed E-state index contributed by atoms with van der Waals surface area (Å²) < 4.78 is 38.6. The first-order valence-electron chi connectivity index (χ1n) is 7.99. The molecule has 26 heavy (non-hydrogen) atoms. The zero-order valence-electron chi connectivity index (χ0n) is 14.4. The van der Waals surface area contributed by atoms with Crippen molar-refractivity contribution in [1.82, 2.24) is 5.32 Å². The van der Waals surface area contributed by atoms with Crippen LogP contribution in [-0.4, -0.2) is 24.9 Å². The van der Waals surface area contributed by atoms with Gasteiger partial charge in [-0.25, -0.2) is 0 Å². The van der Waals surface area contributed by atoms with Gasteiger partial charge in [0.15, 0.2) is 0 Å². The Hall–Kier alpha value is -2.83. The molecule has 1 N–H and O–H groups in total. The molecular weight excluding hydrogens is 345 g/mol. The van der Waals surface area contributed by atoms with Gasteiger partial charge in [0.25, 0.3) is 5.91 Å². The molecule has 7 heteroatoms. The maximum Gasteiger partial charge on any atom is 0.416 e. The maximum atomic E-state index is 12.9. The summed E-state index contributed by atoms with van der Waals surface area (Å²) in [5.41, 5.74) is 0.634. The lowest BCUT2D eigenvalue weighted by Gasteiger charge is -2.22. The molecule has 0 saturated heterocycles. The molecule has 2 rings (SSSR count). The molecule has 0 spiro atoms. The van der Waals surface area contributed by atoms with E-state index < -0.39 is 17.6 Å². The normalized spacial score (nSPS) is 11.1. The van der Waals surface area contributed by atoms with Crippen molar-refractivity contribution in [2.75, 3.05) is 18.0 Å². The molecular formula is C19H19F3N2O2. The average Bonchev–Trinajstić information content (AvgIpc) is 2.58. The van der Waals surface area contributed by atoms with Crippen LogP contribution in [0.2, 0.25) is 0 Å². The molecule has 0 bridgehead atoms. The molecule has 4 nitrogen and oxygen atoms in total. The van der Waals surface area contributed by atoms with Gasteiger partial charge in [-0.3, -0.25) is 9.59 Å². The van der Waals surface area contributed by atoms with Gasteiger partial charge in [0.2, 0.25) is 5.91 Å². The molecule has 138 valence electrons. The van der Waals surface area contributed by atoms with Crippen LogP contribution in [0, 0.1) is 6.92 Å². The number of rotatable bonds is 5. The lowest BCUT2D eigenvalue weighted by Crippen LogP contribution is -2.37. The van der Waals surface area contributed by atoms with E-state index in [0.29, 0.717) is 5.56 Å². The van der Waals surface area contributed by atoms with Crippen LogP contribution in [0.4, 0.5) is 18.9 Å². The first kappa shape index (κ1) is 19.5. The minimum absolute atomic E-state index is 0.0638. The van der Waals surface area contributed by atoms with E-state index in [2.05, 4.69) is 5.32 Å². The van der Waals surface area contributed by atoms with Crippen molar-refractivity contribution in [3.8, 4) is 0 Å². The smallest absolute Gasteiger partial charge is 0.350 e. The number of aryl methyl sites for hydroxylation is 1. The van der Waals surface area contributed by atoms with Crippen molar-refractivity contribution in [3.05, 3.63) is 65.2 Å². The standard InChI is InChI=1S/C19H19F3N2O2/c1-13-6-3-4-9-17(13)18(26)23-10-11-24(14(2)25)16-8-5-7-15(12-16)19(20,21)22/h3-9,12H,10-11H2,1-2H3,(H,23,26). The van der Waals surface area contributed by atoms with Crippen molar-refractivity contribution in [1.29, 1.82) is 0 Å². The van der Waals surface area contributed by atoms with Gasteiger partial charge in [0, 0.05) is 31.3 Å². The minimum atomic E-state index is -4.49. The summed E-state index contributed by atoms with van der Waals surface area (Å²) in [5, 5.41) is 2.68. The van der Waals surface area contributed by atoms with Crippen molar-refractivity contribution in [2.24, 2.45) is 0 Å². The van der Waals surface area contributed by atoms with Gasteiger partial charge in [-0.2, -0.15) is 13.2 Å². The first-order valence-corrected chi connectivity index (χ1v) is 7.99. The molecule has 0 saturated carbocycles. The highest BCUT2D eigenvalue weighted by Crippen LogP contribution is 2.31. The van der Waals surface area contributed by atoms with Crippen LogP contribution < -0.4 is 10.2 Å². The number of halogens is 3. The van der Waals surface area contributed by atoms with Gasteiger partial charge < -0.3 is 10.2 Å². The Balaban J connectivity index is 2.07. The minimum Gasteiger partial charge on any atom is -0.350 e. The Morgan fingerprint density at radius 2 is 1.77 bits per heavy atom. The highest BCUT2D eigenvalue weighted by molar-refractivity contribution is 5.96. The van der Waals surface area contributed by atoms with Crippen LogP contribution in [0.3, 0.4) is 0 Å². The van der Waals surface area contributed by atoms with Crippen LogP contribution in [0.5, 0.6) is 0 Å². The number of hydrogen-bond acceptors (Lipinski definition) is 2. The van der Waals surface area contributed by atoms with Crippen LogP contribution >= 0.6 is 0 Å². The fraction of sp³-hybridized carbons (Fsp3) is 0.263. The second-order valence-electron chi connectivity index (χ2n) is 5.79. The summed E-state index contributed by atoms with van der Waals surface area (Å²) in [6.07, 6.45) is -4.49. The topological polar surface area (TPSA) is 49.4 Å². The van der Waals surface area contributed by atoms with Crippen molar-refractivity contribution in [2.45, 2.75) is 20.0 Å². The monoisotopic (exact) mass is 364 g/mol. The number of hydrogen-bond donors (Lipinski definition) is 1. The number of carbonyl (C=O) groups is 2. The molecule has 0 aliphatic heterocycles. The number of amides is 2. The third-order valence-electron chi connectivity index (χ3n) is 3.88. The molecule has 0 atom stereocenters. The van der Waals surface area contributed by atoms with Crippen LogP contribution in [0.25, 0.3) is 0 Å². The Kier molecular flexibility index (Phi) is 6.02. The largest absolute Gasteiger partial charge is 0.416 e. The molecule has 0 aliphatic rings. The summed E-state index contributed by atoms with van der Waals surface area (Å²) in [5.74, 6) is -0.704. The van der Waals surface area contributed by atoms with Gasteiger partial charge in [-0.05, 0) is 36.8 Å². The number of nitrogens with one attached hydrogen (secondary N) is 1. The molecule has 0 fully saturated rings. The third-order valence-corrected chi connectivity index (χ3v) is 3.88. The highest BCUT2D eigenvalue weighted by atomic mass is 19.4. The number of carbonyl (C=O) groups excluding carboxylic acids is 2. The fourth-order valence-corrected chi connectivity index (χ4v) is 2.52. The van der Waals surface area contributed by atoms with Gasteiger partial charge in [0.1, 0.15) is 0 Å². The van der Waals surface area contributed by atoms with Gasteiger partial charge in [0.05, 0.1) is 5.56 Å². The molecule has 0 heterocycles. The van der Waals surface area contributed by atoms with E-state index in [1.807, 2.05) is 6.07 Å². The number of benzene rings is 2. The summed E-state index contributed by atoms with van der Waals surface area (Å²) in [7, 11) is 0. The zero-order chi connectivity index (χ0) is 19.3. The summed E-state index contributed by atoms with van der Waals surface area (Å²) in [6, 6.07) is 11.6. The molecule has 0 radical (unpaired) electrons. The maximum absolute atomic E-state index is 12.9. The van der Waals surface area contributed by atoms with E-state index >= 15 is 0 Å². The molecule has 0 unspecified atom stereocenters. The summed E-state index contributed by atoms with van der Waals surface area (Å²) in [4.78, 5) is 25.2. The Labute approximate surface area is 149 Å². The quantitative estimate of drug-likeness (QED) is 0.877. The van der Waals surface area contributed by atoms with E-state index in [-0.39, 0.29) is 24.7 Å². The number of alkyl halides is 3. The lowest BCUT2D eigenvalue weighted by atomic mass is 10.1. The van der Waals surface area contributed by atoms with Crippen molar-refractivity contribution in [3.63, 3.8) is 0 Å². The average molecular weight is 364 g/mol. The summed E-state index contributed by atoms with van der Waals surface area (Å²) >= 11 is 0. The first-order chi connectivity index (χ1) is 12.2. The predicted octanol–water partition coefficient (Wildman–Crippen LogP) is 3.80. The number of anilines is 1. The van der Waals surface area contributed by atoms with Crippen LogP contribution in [-0.2, 0) is 11.0 Å². The van der Waals surface area contributed by atoms with Crippen LogP contribution in [0.1, 0.15) is 28.4 Å². The van der Waals surface area contributed by atoms with Crippen LogP contribution in [0.15, 0.2) is 48.5 Å². The predicted molar refractivity (Wildman–Crippen MR) is 93.0 cm³/mol. The fourth-order valence-electron chi connectivity index (χ4n) is 2.52. The molecule has 0 aliphatic carbocycles. The SMILES string of the molecule is CC(=O)N(CCNC(=O)c1ccccc1C)c1cccc(C(F)(F)F)c1. The van der Waals surface area contributed by atoms with E-state index in [4.69, 9.17) is 0 Å². The van der Waals surface area contributed by atoms with Gasteiger partial charge in [-0.1, -0.05) is 24.3 Å². The van der Waals surface area contributed by atoms with Gasteiger partial charge >= 0.3 is 6.18 Å². The Morgan fingerprint density at radius 3 is 2.38 bits per heavy atom. The van der Waals surface area contributed by atoms with Gasteiger partial charge in [-0.15, -0.1) is 0 Å². The Morgan fingerprint density at radius 1 is 1.08 bits per heavy atom. The van der Waals surface area contributed by atoms with E-state index in [1.165, 1.54) is 24.0 Å². The second kappa shape index (κ2) is 8.03. The lowest BCUT2D eigenvalue weighted by molar-refractivity contribution is -0.137. The third kappa shape index (κ3) is 4.84. The van der Waals surface area contributed by atoms with Crippen molar-refractivity contribution < 1.29 is 22.8 Å². The summed E-state index contributed by atoms with van der Waals surface area (Å²) in [6.45, 7) is 3.25. The highest BCUT2D eigenvalue weighted by Gasteiger charge is 2.31. The van der Waals surface area contributed by atoms with E-state index in [1.54, 1.807) is 25.1 Å².